The van der Waals surface area contributed by atoms with Crippen LogP contribution in [0.15, 0.2) is 0 Å². The summed E-state index contributed by atoms with van der Waals surface area (Å²) in [5, 5.41) is 0. The molecule has 0 radical (unpaired) electrons. The molecule has 0 aromatic rings. The molecule has 0 aromatic carbocycles. The molecular weight excluding hydrogens is 428 g/mol. The molecule has 1 unspecified atom stereocenters. The van der Waals surface area contributed by atoms with Crippen LogP contribution in [-0.4, -0.2) is 12.6 Å². The summed E-state index contributed by atoms with van der Waals surface area (Å²) in [6.45, 7) is 7.51. The molecule has 0 fully saturated rings. The molecule has 0 aliphatic carbocycles. The number of carbonyl (C=O) groups excluding carboxylic acids is 1. The van der Waals surface area contributed by atoms with E-state index < -0.39 is 0 Å². The van der Waals surface area contributed by atoms with Crippen molar-refractivity contribution in [1.82, 2.24) is 0 Å². The van der Waals surface area contributed by atoms with Crippen molar-refractivity contribution in [3.8, 4) is 0 Å². The maximum absolute atomic E-state index is 12.3. The highest BCUT2D eigenvalue weighted by molar-refractivity contribution is 5.69. The lowest BCUT2D eigenvalue weighted by Crippen LogP contribution is -2.14. The maximum Gasteiger partial charge on any atom is 0.305 e. The van der Waals surface area contributed by atoms with Crippen molar-refractivity contribution in [2.45, 2.75) is 194 Å². The van der Waals surface area contributed by atoms with Gasteiger partial charge in [-0.05, 0) is 25.2 Å². The lowest BCUT2D eigenvalue weighted by molar-refractivity contribution is -0.145. The smallest absolute Gasteiger partial charge is 0.305 e. The molecule has 2 nitrogen and oxygen atoms in total. The normalized spacial score (nSPS) is 12.2. The van der Waals surface area contributed by atoms with Crippen molar-refractivity contribution in [3.63, 3.8) is 0 Å². The van der Waals surface area contributed by atoms with Crippen molar-refractivity contribution < 1.29 is 9.53 Å². The summed E-state index contributed by atoms with van der Waals surface area (Å²) in [6, 6.07) is 0. The van der Waals surface area contributed by atoms with Gasteiger partial charge in [0.05, 0.1) is 6.61 Å². The van der Waals surface area contributed by atoms with Crippen LogP contribution >= 0.6 is 0 Å². The molecule has 0 aliphatic heterocycles. The second kappa shape index (κ2) is 29.7. The Balaban J connectivity index is 3.90. The minimum atomic E-state index is 0.0481. The molecule has 0 N–H and O–H groups in total. The molecule has 0 saturated carbocycles. The fraction of sp³-hybridized carbons (Fsp3) is 0.970. The first-order valence-electron chi connectivity index (χ1n) is 16.4. The fourth-order valence-electron chi connectivity index (χ4n) is 5.13. The highest BCUT2D eigenvalue weighted by atomic mass is 16.5. The zero-order valence-corrected chi connectivity index (χ0v) is 24.7. The summed E-state index contributed by atoms with van der Waals surface area (Å²) < 4.78 is 5.76. The number of hydrogen-bond donors (Lipinski definition) is 0. The molecule has 0 rings (SSSR count). The second-order valence-corrected chi connectivity index (χ2v) is 11.3. The van der Waals surface area contributed by atoms with Crippen molar-refractivity contribution >= 4 is 5.97 Å². The Morgan fingerprint density at radius 2 is 0.771 bits per heavy atom. The lowest BCUT2D eigenvalue weighted by Gasteiger charge is -2.17. The topological polar surface area (TPSA) is 26.3 Å². The van der Waals surface area contributed by atoms with Gasteiger partial charge in [-0.25, -0.2) is 0 Å². The Labute approximate surface area is 222 Å². The quantitative estimate of drug-likeness (QED) is 0.0763. The van der Waals surface area contributed by atoms with E-state index in [-0.39, 0.29) is 5.97 Å². The summed E-state index contributed by atoms with van der Waals surface area (Å²) in [7, 11) is 0. The van der Waals surface area contributed by atoms with Crippen LogP contribution in [0.2, 0.25) is 0 Å². The summed E-state index contributed by atoms with van der Waals surface area (Å²) in [4.78, 5) is 12.3. The van der Waals surface area contributed by atoms with Crippen LogP contribution in [-0.2, 0) is 9.53 Å². The number of hydrogen-bond acceptors (Lipinski definition) is 2. The van der Waals surface area contributed by atoms with Gasteiger partial charge in [0.15, 0.2) is 0 Å². The largest absolute Gasteiger partial charge is 0.465 e. The standard InChI is InChI=1S/C33H66O2/c1-4-7-10-13-15-17-19-20-23-26-29-32(28-25-22-12-9-6-3)31-35-33(34)30-27-24-21-18-16-14-11-8-5-2/h32H,4-31H2,1-3H3. The Morgan fingerprint density at radius 1 is 0.457 bits per heavy atom. The van der Waals surface area contributed by atoms with Gasteiger partial charge in [-0.2, -0.15) is 0 Å². The van der Waals surface area contributed by atoms with Gasteiger partial charge in [-0.1, -0.05) is 168 Å². The van der Waals surface area contributed by atoms with E-state index in [1.165, 1.54) is 161 Å². The molecule has 0 spiro atoms. The number of rotatable bonds is 29. The Hall–Kier alpha value is -0.530. The zero-order chi connectivity index (χ0) is 25.7. The molecular formula is C33H66O2. The van der Waals surface area contributed by atoms with Crippen LogP contribution < -0.4 is 0 Å². The third-order valence-corrected chi connectivity index (χ3v) is 7.65. The number of unbranched alkanes of at least 4 members (excludes halogenated alkanes) is 21. The van der Waals surface area contributed by atoms with E-state index >= 15 is 0 Å². The van der Waals surface area contributed by atoms with E-state index in [1.54, 1.807) is 0 Å². The number of esters is 1. The Bertz CT molecular complexity index is 406. The van der Waals surface area contributed by atoms with E-state index in [1.807, 2.05) is 0 Å². The predicted molar refractivity (Wildman–Crippen MR) is 156 cm³/mol. The molecule has 0 bridgehead atoms. The average molecular weight is 495 g/mol. The number of ether oxygens (including phenoxy) is 1. The van der Waals surface area contributed by atoms with Crippen molar-refractivity contribution in [2.24, 2.45) is 5.92 Å². The van der Waals surface area contributed by atoms with Gasteiger partial charge in [0.25, 0.3) is 0 Å². The highest BCUT2D eigenvalue weighted by Gasteiger charge is 2.12. The molecule has 1 atom stereocenters. The minimum absolute atomic E-state index is 0.0481. The van der Waals surface area contributed by atoms with Crippen LogP contribution in [0.5, 0.6) is 0 Å². The first-order valence-corrected chi connectivity index (χ1v) is 16.4. The second-order valence-electron chi connectivity index (χ2n) is 11.3. The van der Waals surface area contributed by atoms with Gasteiger partial charge in [0.1, 0.15) is 0 Å². The van der Waals surface area contributed by atoms with Crippen molar-refractivity contribution in [3.05, 3.63) is 0 Å². The highest BCUT2D eigenvalue weighted by Crippen LogP contribution is 2.20. The summed E-state index contributed by atoms with van der Waals surface area (Å²) in [6.07, 6.45) is 35.3. The molecule has 0 aliphatic rings. The van der Waals surface area contributed by atoms with E-state index in [4.69, 9.17) is 4.74 Å². The molecule has 210 valence electrons. The van der Waals surface area contributed by atoms with Crippen molar-refractivity contribution in [1.29, 1.82) is 0 Å². The molecule has 35 heavy (non-hydrogen) atoms. The Morgan fingerprint density at radius 3 is 1.14 bits per heavy atom. The van der Waals surface area contributed by atoms with Gasteiger partial charge < -0.3 is 4.74 Å². The van der Waals surface area contributed by atoms with Crippen LogP contribution in [0.1, 0.15) is 194 Å². The van der Waals surface area contributed by atoms with Crippen LogP contribution in [0.25, 0.3) is 0 Å². The molecule has 0 heterocycles. The van der Waals surface area contributed by atoms with Gasteiger partial charge >= 0.3 is 5.97 Å². The molecule has 2 heteroatoms. The van der Waals surface area contributed by atoms with Crippen molar-refractivity contribution in [2.75, 3.05) is 6.61 Å². The van der Waals surface area contributed by atoms with Crippen LogP contribution in [0.3, 0.4) is 0 Å². The first kappa shape index (κ1) is 34.5. The minimum Gasteiger partial charge on any atom is -0.465 e. The third kappa shape index (κ3) is 27.9. The summed E-state index contributed by atoms with van der Waals surface area (Å²) in [5.41, 5.74) is 0. The molecule has 0 saturated heterocycles. The first-order chi connectivity index (χ1) is 17.2. The lowest BCUT2D eigenvalue weighted by atomic mass is 9.94. The summed E-state index contributed by atoms with van der Waals surface area (Å²) in [5.74, 6) is 0.629. The van der Waals surface area contributed by atoms with Gasteiger partial charge in [0, 0.05) is 6.42 Å². The molecule has 0 amide bonds. The van der Waals surface area contributed by atoms with E-state index in [9.17, 15) is 4.79 Å². The zero-order valence-electron chi connectivity index (χ0n) is 24.7. The average Bonchev–Trinajstić information content (AvgIpc) is 2.86. The molecule has 0 aromatic heterocycles. The Kier molecular flexibility index (Phi) is 29.2. The van der Waals surface area contributed by atoms with E-state index in [0.29, 0.717) is 18.9 Å². The SMILES string of the molecule is CCCCCCCCCCCCC(CCCCCCC)COC(=O)CCCCCCCCCCC. The third-order valence-electron chi connectivity index (χ3n) is 7.65. The van der Waals surface area contributed by atoms with E-state index in [2.05, 4.69) is 20.8 Å². The summed E-state index contributed by atoms with van der Waals surface area (Å²) >= 11 is 0. The van der Waals surface area contributed by atoms with Gasteiger partial charge in [-0.3, -0.25) is 4.79 Å². The van der Waals surface area contributed by atoms with Gasteiger partial charge in [-0.15, -0.1) is 0 Å². The van der Waals surface area contributed by atoms with Gasteiger partial charge in [0.2, 0.25) is 0 Å². The van der Waals surface area contributed by atoms with Crippen LogP contribution in [0.4, 0.5) is 0 Å². The number of carbonyl (C=O) groups is 1. The monoisotopic (exact) mass is 495 g/mol. The fourth-order valence-corrected chi connectivity index (χ4v) is 5.13. The predicted octanol–water partition coefficient (Wildman–Crippen LogP) is 11.7. The van der Waals surface area contributed by atoms with Crippen LogP contribution in [0, 0.1) is 5.92 Å². The van der Waals surface area contributed by atoms with E-state index in [0.717, 1.165) is 6.42 Å². The maximum atomic E-state index is 12.3.